The van der Waals surface area contributed by atoms with Crippen LogP contribution in [0.5, 0.6) is 17.2 Å². The number of aromatic amines is 1. The zero-order valence-electron chi connectivity index (χ0n) is 14.9. The molecule has 2 aromatic carbocycles. The molecule has 28 heavy (non-hydrogen) atoms. The Balaban J connectivity index is 1.85. The van der Waals surface area contributed by atoms with Gasteiger partial charge in [0.2, 0.25) is 0 Å². The Bertz CT molecular complexity index is 1290. The third-order valence-electron chi connectivity index (χ3n) is 4.33. The zero-order valence-corrected chi connectivity index (χ0v) is 16.5. The van der Waals surface area contributed by atoms with Crippen molar-refractivity contribution in [3.8, 4) is 17.2 Å². The van der Waals surface area contributed by atoms with Crippen LogP contribution in [0.15, 0.2) is 51.0 Å². The average Bonchev–Trinajstić information content (AvgIpc) is 3.07. The summed E-state index contributed by atoms with van der Waals surface area (Å²) in [6.07, 6.45) is 2.73. The number of para-hydroxylation sites is 1. The van der Waals surface area contributed by atoms with Crippen LogP contribution in [0.3, 0.4) is 0 Å². The summed E-state index contributed by atoms with van der Waals surface area (Å²) in [7, 11) is 3.09. The number of aromatic hydroxyl groups is 1. The molecule has 2 aromatic heterocycles. The first-order valence-electron chi connectivity index (χ1n) is 8.20. The second-order valence-electron chi connectivity index (χ2n) is 5.92. The van der Waals surface area contributed by atoms with Gasteiger partial charge in [0.15, 0.2) is 11.5 Å². The number of rotatable bonds is 4. The van der Waals surface area contributed by atoms with Gasteiger partial charge in [-0.15, -0.1) is 0 Å². The van der Waals surface area contributed by atoms with Gasteiger partial charge in [0.25, 0.3) is 5.56 Å². The standard InChI is InChI=1S/C19H15BrN4O4/c1-27-14-6-11-13(7-15(14)28-2)23-17-16(11)21-9-24(19(17)26)22-8-10-4-3-5-12(20)18(10)25/h3-9,23,25H,1-2H3/b22-8-. The van der Waals surface area contributed by atoms with Crippen LogP contribution < -0.4 is 15.0 Å². The summed E-state index contributed by atoms with van der Waals surface area (Å²) in [5, 5.41) is 14.9. The first-order valence-corrected chi connectivity index (χ1v) is 8.99. The van der Waals surface area contributed by atoms with E-state index in [9.17, 15) is 9.90 Å². The number of phenols is 1. The number of phenolic OH excluding ortho intramolecular Hbond substituents is 1. The molecule has 0 fully saturated rings. The number of ether oxygens (including phenoxy) is 2. The van der Waals surface area contributed by atoms with E-state index >= 15 is 0 Å². The Kier molecular flexibility index (Phi) is 4.52. The highest BCUT2D eigenvalue weighted by Gasteiger charge is 2.14. The summed E-state index contributed by atoms with van der Waals surface area (Å²) in [6.45, 7) is 0. The summed E-state index contributed by atoms with van der Waals surface area (Å²) in [5.74, 6) is 1.13. The summed E-state index contributed by atoms with van der Waals surface area (Å²) in [5.41, 5.74) is 1.61. The highest BCUT2D eigenvalue weighted by atomic mass is 79.9. The molecule has 2 heterocycles. The summed E-state index contributed by atoms with van der Waals surface area (Å²) < 4.78 is 12.3. The van der Waals surface area contributed by atoms with E-state index < -0.39 is 0 Å². The molecule has 9 heteroatoms. The Hall–Kier alpha value is -3.33. The maximum atomic E-state index is 12.8. The fourth-order valence-corrected chi connectivity index (χ4v) is 3.30. The number of H-pyrrole nitrogens is 1. The highest BCUT2D eigenvalue weighted by Crippen LogP contribution is 2.34. The van der Waals surface area contributed by atoms with Crippen LogP contribution in [-0.2, 0) is 0 Å². The third-order valence-corrected chi connectivity index (χ3v) is 4.97. The van der Waals surface area contributed by atoms with Gasteiger partial charge >= 0.3 is 0 Å². The molecule has 4 rings (SSSR count). The van der Waals surface area contributed by atoms with Crippen LogP contribution >= 0.6 is 15.9 Å². The number of hydrogen-bond donors (Lipinski definition) is 2. The molecule has 0 aliphatic heterocycles. The number of methoxy groups -OCH3 is 2. The molecule has 0 atom stereocenters. The molecule has 0 saturated heterocycles. The molecule has 8 nitrogen and oxygen atoms in total. The second-order valence-corrected chi connectivity index (χ2v) is 6.77. The van der Waals surface area contributed by atoms with Crippen molar-refractivity contribution in [2.45, 2.75) is 0 Å². The first-order chi connectivity index (χ1) is 13.5. The number of fused-ring (bicyclic) bond motifs is 3. The number of nitrogens with zero attached hydrogens (tertiary/aromatic N) is 3. The van der Waals surface area contributed by atoms with E-state index in [1.54, 1.807) is 44.6 Å². The molecule has 4 aromatic rings. The molecule has 0 spiro atoms. The van der Waals surface area contributed by atoms with E-state index in [2.05, 4.69) is 31.0 Å². The molecule has 142 valence electrons. The van der Waals surface area contributed by atoms with Crippen molar-refractivity contribution < 1.29 is 14.6 Å². The molecule has 0 amide bonds. The molecule has 0 aliphatic carbocycles. The molecular weight excluding hydrogens is 428 g/mol. The molecular formula is C19H15BrN4O4. The molecule has 0 bridgehead atoms. The van der Waals surface area contributed by atoms with E-state index in [4.69, 9.17) is 9.47 Å². The van der Waals surface area contributed by atoms with Crippen molar-refractivity contribution in [2.24, 2.45) is 5.10 Å². The van der Waals surface area contributed by atoms with Crippen LogP contribution in [0.25, 0.3) is 21.9 Å². The third kappa shape index (κ3) is 2.89. The van der Waals surface area contributed by atoms with Crippen LogP contribution in [-0.4, -0.2) is 40.2 Å². The number of hydrogen-bond acceptors (Lipinski definition) is 6. The minimum atomic E-state index is -0.370. The van der Waals surface area contributed by atoms with Crippen molar-refractivity contribution in [1.29, 1.82) is 0 Å². The van der Waals surface area contributed by atoms with Gasteiger partial charge in [0.05, 0.1) is 30.4 Å². The summed E-state index contributed by atoms with van der Waals surface area (Å²) in [4.78, 5) is 20.3. The fourth-order valence-electron chi connectivity index (χ4n) is 2.92. The summed E-state index contributed by atoms with van der Waals surface area (Å²) >= 11 is 3.24. The molecule has 0 unspecified atom stereocenters. The Labute approximate surface area is 167 Å². The molecule has 2 N–H and O–H groups in total. The van der Waals surface area contributed by atoms with E-state index in [0.29, 0.717) is 38.1 Å². The molecule has 0 radical (unpaired) electrons. The van der Waals surface area contributed by atoms with E-state index in [0.717, 1.165) is 10.1 Å². The van der Waals surface area contributed by atoms with Gasteiger partial charge in [-0.25, -0.2) is 4.98 Å². The number of halogens is 1. The van der Waals surface area contributed by atoms with Crippen molar-refractivity contribution in [3.05, 3.63) is 57.0 Å². The van der Waals surface area contributed by atoms with E-state index in [-0.39, 0.29) is 11.3 Å². The van der Waals surface area contributed by atoms with Crippen molar-refractivity contribution in [3.63, 3.8) is 0 Å². The van der Waals surface area contributed by atoms with Gasteiger partial charge in [-0.2, -0.15) is 9.78 Å². The van der Waals surface area contributed by atoms with Crippen LogP contribution in [0.2, 0.25) is 0 Å². The van der Waals surface area contributed by atoms with Gasteiger partial charge in [0, 0.05) is 17.0 Å². The molecule has 0 saturated carbocycles. The number of aromatic nitrogens is 3. The molecule has 0 aliphatic rings. The maximum Gasteiger partial charge on any atom is 0.298 e. The lowest BCUT2D eigenvalue weighted by molar-refractivity contribution is 0.356. The fraction of sp³-hybridized carbons (Fsp3) is 0.105. The quantitative estimate of drug-likeness (QED) is 0.472. The van der Waals surface area contributed by atoms with Crippen LogP contribution in [0.4, 0.5) is 0 Å². The van der Waals surface area contributed by atoms with Gasteiger partial charge in [0.1, 0.15) is 23.1 Å². The normalized spacial score (nSPS) is 11.5. The predicted octanol–water partition coefficient (Wildman–Crippen LogP) is 3.25. The van der Waals surface area contributed by atoms with Gasteiger partial charge in [-0.05, 0) is 34.1 Å². The lowest BCUT2D eigenvalue weighted by Crippen LogP contribution is -2.17. The SMILES string of the molecule is COc1cc2[nH]c3c(=O)n(/N=C\c4cccc(Br)c4O)cnc3c2cc1OC. The van der Waals surface area contributed by atoms with Crippen LogP contribution in [0, 0.1) is 0 Å². The van der Waals surface area contributed by atoms with Crippen molar-refractivity contribution in [2.75, 3.05) is 14.2 Å². The van der Waals surface area contributed by atoms with Gasteiger partial charge < -0.3 is 19.6 Å². The minimum absolute atomic E-state index is 0.0399. The highest BCUT2D eigenvalue weighted by molar-refractivity contribution is 9.10. The van der Waals surface area contributed by atoms with Crippen LogP contribution in [0.1, 0.15) is 5.56 Å². The van der Waals surface area contributed by atoms with E-state index in [1.807, 2.05) is 0 Å². The van der Waals surface area contributed by atoms with Gasteiger partial charge in [-0.3, -0.25) is 4.79 Å². The van der Waals surface area contributed by atoms with Crippen molar-refractivity contribution in [1.82, 2.24) is 14.6 Å². The Morgan fingerprint density at radius 1 is 1.25 bits per heavy atom. The van der Waals surface area contributed by atoms with Crippen molar-refractivity contribution >= 4 is 44.1 Å². The monoisotopic (exact) mass is 442 g/mol. The topological polar surface area (TPSA) is 102 Å². The lowest BCUT2D eigenvalue weighted by Gasteiger charge is -2.06. The van der Waals surface area contributed by atoms with Gasteiger partial charge in [-0.1, -0.05) is 6.07 Å². The summed E-state index contributed by atoms with van der Waals surface area (Å²) in [6, 6.07) is 8.67. The van der Waals surface area contributed by atoms with E-state index in [1.165, 1.54) is 12.5 Å². The zero-order chi connectivity index (χ0) is 19.8. The maximum absolute atomic E-state index is 12.8. The second kappa shape index (κ2) is 7.01. The Morgan fingerprint density at radius 2 is 2.00 bits per heavy atom. The number of nitrogens with one attached hydrogen (secondary N) is 1. The predicted molar refractivity (Wildman–Crippen MR) is 110 cm³/mol. The minimum Gasteiger partial charge on any atom is -0.506 e. The smallest absolute Gasteiger partial charge is 0.298 e. The average molecular weight is 443 g/mol. The largest absolute Gasteiger partial charge is 0.506 e. The Morgan fingerprint density at radius 3 is 2.75 bits per heavy atom. The number of benzene rings is 2. The first kappa shape index (κ1) is 18.1. The lowest BCUT2D eigenvalue weighted by atomic mass is 10.2.